The minimum Gasteiger partial charge on any atom is -0.550 e. The van der Waals surface area contributed by atoms with Gasteiger partial charge in [-0.1, -0.05) is 39.0 Å². The molecule has 1 rings (SSSR count). The minimum atomic E-state index is -0.805. The van der Waals surface area contributed by atoms with Crippen molar-refractivity contribution in [2.45, 2.75) is 58.3 Å². The quantitative estimate of drug-likeness (QED) is 0.667. The Hall–Kier alpha value is -0.530. The maximum Gasteiger partial charge on any atom is 0.0476 e. The van der Waals surface area contributed by atoms with Crippen molar-refractivity contribution < 1.29 is 9.90 Å². The molecule has 1 saturated carbocycles. The molecule has 1 fully saturated rings. The fourth-order valence-corrected chi connectivity index (χ4v) is 2.30. The summed E-state index contributed by atoms with van der Waals surface area (Å²) in [5, 5.41) is 11.1. The van der Waals surface area contributed by atoms with Gasteiger partial charge in [0, 0.05) is 11.4 Å². The standard InChI is InChI=1S/C11H20O2/c1-2-3-7-11(10(12)13)8-5-4-6-9-11/h2-9H2,1H3,(H,12,13)/p-1. The van der Waals surface area contributed by atoms with E-state index in [4.69, 9.17) is 0 Å². The molecule has 0 N–H and O–H groups in total. The Kier molecular flexibility index (Phi) is 3.76. The molecular formula is C11H19O2-. The van der Waals surface area contributed by atoms with Crippen molar-refractivity contribution in [3.63, 3.8) is 0 Å². The molecule has 2 heteroatoms. The molecule has 0 saturated heterocycles. The van der Waals surface area contributed by atoms with Crippen LogP contribution in [0.3, 0.4) is 0 Å². The van der Waals surface area contributed by atoms with E-state index in [9.17, 15) is 9.90 Å². The zero-order valence-corrected chi connectivity index (χ0v) is 8.47. The Morgan fingerprint density at radius 1 is 1.31 bits per heavy atom. The van der Waals surface area contributed by atoms with Crippen LogP contribution in [0.4, 0.5) is 0 Å². The van der Waals surface area contributed by atoms with E-state index in [-0.39, 0.29) is 0 Å². The van der Waals surface area contributed by atoms with E-state index in [0.29, 0.717) is 0 Å². The molecule has 2 nitrogen and oxygen atoms in total. The third-order valence-electron chi connectivity index (χ3n) is 3.25. The fourth-order valence-electron chi connectivity index (χ4n) is 2.30. The second-order valence-electron chi connectivity index (χ2n) is 4.23. The largest absolute Gasteiger partial charge is 0.550 e. The van der Waals surface area contributed by atoms with Crippen LogP contribution in [0, 0.1) is 5.41 Å². The van der Waals surface area contributed by atoms with Gasteiger partial charge in [-0.25, -0.2) is 0 Å². The van der Waals surface area contributed by atoms with Gasteiger partial charge in [-0.15, -0.1) is 0 Å². The van der Waals surface area contributed by atoms with Crippen molar-refractivity contribution in [1.82, 2.24) is 0 Å². The number of carbonyl (C=O) groups is 1. The summed E-state index contributed by atoms with van der Waals surface area (Å²) in [6, 6.07) is 0. The molecule has 13 heavy (non-hydrogen) atoms. The van der Waals surface area contributed by atoms with Gasteiger partial charge in [0.05, 0.1) is 0 Å². The van der Waals surface area contributed by atoms with Crippen LogP contribution in [0.2, 0.25) is 0 Å². The van der Waals surface area contributed by atoms with Gasteiger partial charge in [-0.3, -0.25) is 0 Å². The molecule has 0 unspecified atom stereocenters. The lowest BCUT2D eigenvalue weighted by atomic mass is 9.71. The van der Waals surface area contributed by atoms with Gasteiger partial charge < -0.3 is 9.90 Å². The first-order chi connectivity index (χ1) is 6.21. The van der Waals surface area contributed by atoms with Crippen LogP contribution >= 0.6 is 0 Å². The molecule has 0 aromatic rings. The van der Waals surface area contributed by atoms with Crippen LogP contribution in [0.5, 0.6) is 0 Å². The molecule has 0 radical (unpaired) electrons. The highest BCUT2D eigenvalue weighted by Gasteiger charge is 2.32. The third-order valence-corrected chi connectivity index (χ3v) is 3.25. The molecule has 0 amide bonds. The van der Waals surface area contributed by atoms with Gasteiger partial charge in [0.2, 0.25) is 0 Å². The number of carbonyl (C=O) groups excluding carboxylic acids is 1. The smallest absolute Gasteiger partial charge is 0.0476 e. The zero-order chi connectivity index (χ0) is 9.73. The number of unbranched alkanes of at least 4 members (excludes halogenated alkanes) is 1. The van der Waals surface area contributed by atoms with E-state index in [1.807, 2.05) is 0 Å². The third kappa shape index (κ3) is 2.45. The Morgan fingerprint density at radius 2 is 1.92 bits per heavy atom. The SMILES string of the molecule is CCCCC1(C(=O)[O-])CCCCC1. The molecular weight excluding hydrogens is 164 g/mol. The van der Waals surface area contributed by atoms with Crippen molar-refractivity contribution in [3.8, 4) is 0 Å². The molecule has 1 aliphatic carbocycles. The van der Waals surface area contributed by atoms with Gasteiger partial charge in [0.25, 0.3) is 0 Å². The van der Waals surface area contributed by atoms with E-state index >= 15 is 0 Å². The highest BCUT2D eigenvalue weighted by atomic mass is 16.4. The lowest BCUT2D eigenvalue weighted by Gasteiger charge is -2.38. The Balaban J connectivity index is 2.56. The van der Waals surface area contributed by atoms with Gasteiger partial charge in [-0.2, -0.15) is 0 Å². The summed E-state index contributed by atoms with van der Waals surface area (Å²) < 4.78 is 0. The molecule has 0 aromatic carbocycles. The van der Waals surface area contributed by atoms with E-state index in [2.05, 4.69) is 6.92 Å². The van der Waals surface area contributed by atoms with Crippen LogP contribution in [-0.2, 0) is 4.79 Å². The summed E-state index contributed by atoms with van der Waals surface area (Å²) >= 11 is 0. The van der Waals surface area contributed by atoms with Gasteiger partial charge in [-0.05, 0) is 19.3 Å². The van der Waals surface area contributed by atoms with Crippen LogP contribution in [0.1, 0.15) is 58.3 Å². The van der Waals surface area contributed by atoms with Gasteiger partial charge >= 0.3 is 0 Å². The second-order valence-corrected chi connectivity index (χ2v) is 4.23. The maximum absolute atomic E-state index is 11.1. The van der Waals surface area contributed by atoms with Crippen molar-refractivity contribution in [1.29, 1.82) is 0 Å². The van der Waals surface area contributed by atoms with Crippen LogP contribution < -0.4 is 5.11 Å². The average Bonchev–Trinajstić information content (AvgIpc) is 2.16. The van der Waals surface area contributed by atoms with Crippen molar-refractivity contribution in [3.05, 3.63) is 0 Å². The number of aliphatic carboxylic acids is 1. The lowest BCUT2D eigenvalue weighted by Crippen LogP contribution is -2.43. The van der Waals surface area contributed by atoms with Crippen LogP contribution in [0.25, 0.3) is 0 Å². The Labute approximate surface area is 80.3 Å². The lowest BCUT2D eigenvalue weighted by molar-refractivity contribution is -0.321. The summed E-state index contributed by atoms with van der Waals surface area (Å²) in [6.07, 6.45) is 7.94. The monoisotopic (exact) mass is 183 g/mol. The average molecular weight is 183 g/mol. The molecule has 76 valence electrons. The summed E-state index contributed by atoms with van der Waals surface area (Å²) in [5.74, 6) is -0.805. The molecule has 0 aliphatic heterocycles. The fraction of sp³-hybridized carbons (Fsp3) is 0.909. The second kappa shape index (κ2) is 4.64. The number of hydrogen-bond acceptors (Lipinski definition) is 2. The normalized spacial score (nSPS) is 21.3. The summed E-state index contributed by atoms with van der Waals surface area (Å²) in [5.41, 5.74) is -0.464. The molecule has 0 aromatic heterocycles. The number of carboxylic acid groups (broad SMARTS) is 1. The van der Waals surface area contributed by atoms with Crippen molar-refractivity contribution >= 4 is 5.97 Å². The predicted molar refractivity (Wildman–Crippen MR) is 50.1 cm³/mol. The highest BCUT2D eigenvalue weighted by molar-refractivity contribution is 5.72. The number of hydrogen-bond donors (Lipinski definition) is 0. The minimum absolute atomic E-state index is 0.464. The zero-order valence-electron chi connectivity index (χ0n) is 8.47. The van der Waals surface area contributed by atoms with Gasteiger partial charge in [0.1, 0.15) is 0 Å². The van der Waals surface area contributed by atoms with Crippen molar-refractivity contribution in [2.75, 3.05) is 0 Å². The first kappa shape index (κ1) is 10.6. The Bertz CT molecular complexity index is 169. The van der Waals surface area contributed by atoms with Crippen LogP contribution in [0.15, 0.2) is 0 Å². The Morgan fingerprint density at radius 3 is 2.38 bits per heavy atom. The first-order valence-corrected chi connectivity index (χ1v) is 5.43. The molecule has 0 bridgehead atoms. The maximum atomic E-state index is 11.1. The molecule has 0 atom stereocenters. The predicted octanol–water partition coefficient (Wildman–Crippen LogP) is 1.88. The van der Waals surface area contributed by atoms with Crippen molar-refractivity contribution in [2.24, 2.45) is 5.41 Å². The first-order valence-electron chi connectivity index (χ1n) is 5.43. The topological polar surface area (TPSA) is 40.1 Å². The van der Waals surface area contributed by atoms with Gasteiger partial charge in [0.15, 0.2) is 0 Å². The van der Waals surface area contributed by atoms with Crippen LogP contribution in [-0.4, -0.2) is 5.97 Å². The number of carboxylic acids is 1. The summed E-state index contributed by atoms with van der Waals surface area (Å²) in [4.78, 5) is 11.1. The van der Waals surface area contributed by atoms with E-state index in [0.717, 1.165) is 44.9 Å². The van der Waals surface area contributed by atoms with E-state index < -0.39 is 11.4 Å². The highest BCUT2D eigenvalue weighted by Crippen LogP contribution is 2.39. The molecule has 1 aliphatic rings. The van der Waals surface area contributed by atoms with E-state index in [1.165, 1.54) is 6.42 Å². The molecule has 0 spiro atoms. The number of rotatable bonds is 4. The summed E-state index contributed by atoms with van der Waals surface area (Å²) in [7, 11) is 0. The molecule has 0 heterocycles. The summed E-state index contributed by atoms with van der Waals surface area (Å²) in [6.45, 7) is 2.10. The van der Waals surface area contributed by atoms with E-state index in [1.54, 1.807) is 0 Å².